The van der Waals surface area contributed by atoms with E-state index in [1.807, 2.05) is 0 Å². The molecule has 0 rings (SSSR count). The van der Waals surface area contributed by atoms with Crippen LogP contribution in [0.5, 0.6) is 0 Å². The normalized spacial score (nSPS) is 14.2. The lowest BCUT2D eigenvalue weighted by atomic mass is 10.0. The van der Waals surface area contributed by atoms with Crippen molar-refractivity contribution in [1.29, 1.82) is 0 Å². The van der Waals surface area contributed by atoms with E-state index in [0.717, 1.165) is 102 Å². The Morgan fingerprint density at radius 2 is 0.554 bits per heavy atom. The number of phosphoric ester groups is 2. The Labute approximate surface area is 505 Å². The minimum atomic E-state index is -4.94. The van der Waals surface area contributed by atoms with E-state index in [1.165, 1.54) is 141 Å². The Kier molecular flexibility index (Phi) is 56.4. The third-order valence-corrected chi connectivity index (χ3v) is 16.7. The molecule has 19 heteroatoms. The Hall–Kier alpha value is -1.94. The van der Waals surface area contributed by atoms with Crippen LogP contribution in [-0.2, 0) is 65.4 Å². The highest BCUT2D eigenvalue weighted by atomic mass is 31.2. The molecule has 3 N–H and O–H groups in total. The average molecular weight is 1230 g/mol. The second-order valence-electron chi connectivity index (χ2n) is 23.6. The molecule has 0 aliphatic carbocycles. The van der Waals surface area contributed by atoms with Gasteiger partial charge in [0.1, 0.15) is 19.3 Å². The van der Waals surface area contributed by atoms with Crippen LogP contribution in [0, 0.1) is 5.92 Å². The van der Waals surface area contributed by atoms with Crippen molar-refractivity contribution in [2.75, 3.05) is 39.6 Å². The summed E-state index contributed by atoms with van der Waals surface area (Å²) < 4.78 is 67.6. The molecule has 0 spiro atoms. The van der Waals surface area contributed by atoms with Gasteiger partial charge in [0.15, 0.2) is 12.2 Å². The lowest BCUT2D eigenvalue weighted by Crippen LogP contribution is -2.30. The van der Waals surface area contributed by atoms with E-state index in [9.17, 15) is 43.2 Å². The quantitative estimate of drug-likeness (QED) is 0.0222. The number of aliphatic hydroxyl groups is 1. The molecule has 0 saturated carbocycles. The molecule has 0 fully saturated rings. The number of carbonyl (C=O) groups excluding carboxylic acids is 4. The summed E-state index contributed by atoms with van der Waals surface area (Å²) >= 11 is 0. The molecule has 0 saturated heterocycles. The smallest absolute Gasteiger partial charge is 0.462 e. The molecule has 0 aliphatic heterocycles. The molecule has 0 amide bonds. The maximum Gasteiger partial charge on any atom is 0.472 e. The molecule has 492 valence electrons. The first-order chi connectivity index (χ1) is 40.0. The van der Waals surface area contributed by atoms with E-state index in [-0.39, 0.29) is 25.7 Å². The molecular weight excluding hydrogens is 1100 g/mol. The summed E-state index contributed by atoms with van der Waals surface area (Å²) in [6, 6.07) is 0. The predicted octanol–water partition coefficient (Wildman–Crippen LogP) is 17.8. The van der Waals surface area contributed by atoms with Crippen LogP contribution >= 0.6 is 15.6 Å². The number of hydrogen-bond donors (Lipinski definition) is 3. The molecule has 5 atom stereocenters. The molecule has 0 aromatic rings. The number of unbranched alkanes of at least 4 members (excludes halogenated alkanes) is 36. The molecular formula is C64H124O17P2. The van der Waals surface area contributed by atoms with Crippen LogP contribution in [0.1, 0.15) is 324 Å². The number of carbonyl (C=O) groups is 4. The van der Waals surface area contributed by atoms with E-state index >= 15 is 0 Å². The SMILES string of the molecule is CCCCCCCCCCCCCCCCCCC(=O)OC[C@H](COP(=O)(O)OC[C@@H](O)COP(=O)(O)OC[C@@H](COC(=O)CCCCCCC)OC(=O)CCCCCCC)OC(=O)CCCCCCCCCCCCCCCCC(C)C. The molecule has 17 nitrogen and oxygen atoms in total. The lowest BCUT2D eigenvalue weighted by Gasteiger charge is -2.21. The Morgan fingerprint density at radius 1 is 0.325 bits per heavy atom. The van der Waals surface area contributed by atoms with Gasteiger partial charge in [-0.25, -0.2) is 9.13 Å². The maximum absolute atomic E-state index is 13.0. The van der Waals surface area contributed by atoms with Crippen molar-refractivity contribution < 1.29 is 80.2 Å². The molecule has 0 bridgehead atoms. The van der Waals surface area contributed by atoms with Crippen LogP contribution in [0.3, 0.4) is 0 Å². The topological polar surface area (TPSA) is 237 Å². The van der Waals surface area contributed by atoms with Gasteiger partial charge < -0.3 is 33.8 Å². The van der Waals surface area contributed by atoms with E-state index < -0.39 is 97.5 Å². The van der Waals surface area contributed by atoms with Crippen molar-refractivity contribution in [1.82, 2.24) is 0 Å². The van der Waals surface area contributed by atoms with Gasteiger partial charge in [-0.2, -0.15) is 0 Å². The fourth-order valence-corrected chi connectivity index (χ4v) is 11.2. The number of phosphoric acid groups is 2. The van der Waals surface area contributed by atoms with Gasteiger partial charge in [0.05, 0.1) is 26.4 Å². The second-order valence-corrected chi connectivity index (χ2v) is 26.5. The summed E-state index contributed by atoms with van der Waals surface area (Å²) in [5.41, 5.74) is 0. The fourth-order valence-electron chi connectivity index (χ4n) is 9.58. The van der Waals surface area contributed by atoms with Crippen molar-refractivity contribution in [2.45, 2.75) is 342 Å². The molecule has 0 aliphatic rings. The first-order valence-electron chi connectivity index (χ1n) is 33.6. The number of ether oxygens (including phenoxy) is 4. The van der Waals surface area contributed by atoms with Crippen LogP contribution in [-0.4, -0.2) is 96.7 Å². The van der Waals surface area contributed by atoms with Gasteiger partial charge >= 0.3 is 39.5 Å². The molecule has 0 aromatic carbocycles. The summed E-state index contributed by atoms with van der Waals surface area (Å²) in [5, 5.41) is 10.5. The van der Waals surface area contributed by atoms with Crippen LogP contribution in [0.4, 0.5) is 0 Å². The third-order valence-electron chi connectivity index (χ3n) is 14.8. The average Bonchev–Trinajstić information content (AvgIpc) is 3.45. The van der Waals surface area contributed by atoms with Crippen LogP contribution in [0.2, 0.25) is 0 Å². The monoisotopic (exact) mass is 1230 g/mol. The van der Waals surface area contributed by atoms with Gasteiger partial charge in [-0.1, -0.05) is 272 Å². The molecule has 0 radical (unpaired) electrons. The number of rotatable bonds is 64. The van der Waals surface area contributed by atoms with Gasteiger partial charge in [-0.05, 0) is 31.6 Å². The first-order valence-corrected chi connectivity index (χ1v) is 36.6. The van der Waals surface area contributed by atoms with Crippen molar-refractivity contribution in [2.24, 2.45) is 5.92 Å². The first kappa shape index (κ1) is 81.1. The summed E-state index contributed by atoms with van der Waals surface area (Å²) in [5.74, 6) is -1.36. The molecule has 0 heterocycles. The van der Waals surface area contributed by atoms with Crippen LogP contribution in [0.25, 0.3) is 0 Å². The second kappa shape index (κ2) is 57.8. The van der Waals surface area contributed by atoms with Gasteiger partial charge in [0.2, 0.25) is 0 Å². The fraction of sp³-hybridized carbons (Fsp3) is 0.938. The van der Waals surface area contributed by atoms with Gasteiger partial charge in [-0.3, -0.25) is 37.3 Å². The van der Waals surface area contributed by atoms with E-state index in [2.05, 4.69) is 34.6 Å². The summed E-state index contributed by atoms with van der Waals surface area (Å²) in [6.45, 7) is 7.04. The van der Waals surface area contributed by atoms with Crippen molar-refractivity contribution >= 4 is 39.5 Å². The Morgan fingerprint density at radius 3 is 0.819 bits per heavy atom. The highest BCUT2D eigenvalue weighted by Gasteiger charge is 2.30. The molecule has 2 unspecified atom stereocenters. The predicted molar refractivity (Wildman–Crippen MR) is 331 cm³/mol. The Bertz CT molecular complexity index is 1620. The van der Waals surface area contributed by atoms with Gasteiger partial charge in [-0.15, -0.1) is 0 Å². The van der Waals surface area contributed by atoms with Crippen molar-refractivity contribution in [3.8, 4) is 0 Å². The van der Waals surface area contributed by atoms with Crippen molar-refractivity contribution in [3.05, 3.63) is 0 Å². The minimum Gasteiger partial charge on any atom is -0.462 e. The van der Waals surface area contributed by atoms with Gasteiger partial charge in [0, 0.05) is 25.7 Å². The molecule has 0 aromatic heterocycles. The summed E-state index contributed by atoms with van der Waals surface area (Å²) in [4.78, 5) is 71.7. The highest BCUT2D eigenvalue weighted by molar-refractivity contribution is 7.47. The standard InChI is InChI=1S/C64H124O17P2/c1-6-9-12-15-16-17-18-19-20-21-25-28-31-34-39-43-48-62(67)75-54-60(81-64(69)50-45-40-35-32-29-26-23-22-24-27-30-33-38-41-46-57(4)5)56-79-83(72,73)77-52-58(65)51-76-82(70,71)78-55-59(80-63(68)49-44-37-14-11-8-3)53-74-61(66)47-42-36-13-10-7-2/h57-60,65H,6-56H2,1-5H3,(H,70,71)(H,72,73)/t58-,59+,60+/m0/s1. The lowest BCUT2D eigenvalue weighted by molar-refractivity contribution is -0.161. The molecule has 83 heavy (non-hydrogen) atoms. The number of aliphatic hydroxyl groups excluding tert-OH is 1. The van der Waals surface area contributed by atoms with E-state index in [0.29, 0.717) is 25.7 Å². The summed E-state index contributed by atoms with van der Waals surface area (Å²) in [7, 11) is -9.87. The zero-order valence-corrected chi connectivity index (χ0v) is 55.1. The van der Waals surface area contributed by atoms with E-state index in [1.54, 1.807) is 0 Å². The van der Waals surface area contributed by atoms with Gasteiger partial charge in [0.25, 0.3) is 0 Å². The van der Waals surface area contributed by atoms with E-state index in [4.69, 9.17) is 37.0 Å². The minimum absolute atomic E-state index is 0.0990. The Balaban J connectivity index is 5.09. The number of hydrogen-bond acceptors (Lipinski definition) is 15. The zero-order chi connectivity index (χ0) is 61.3. The van der Waals surface area contributed by atoms with Crippen LogP contribution in [0.15, 0.2) is 0 Å². The zero-order valence-electron chi connectivity index (χ0n) is 53.3. The summed E-state index contributed by atoms with van der Waals surface area (Å²) in [6.07, 6.45) is 42.5. The highest BCUT2D eigenvalue weighted by Crippen LogP contribution is 2.45. The maximum atomic E-state index is 13.0. The number of esters is 4. The largest absolute Gasteiger partial charge is 0.472 e. The third kappa shape index (κ3) is 58.8. The van der Waals surface area contributed by atoms with Crippen LogP contribution < -0.4 is 0 Å². The van der Waals surface area contributed by atoms with Crippen molar-refractivity contribution in [3.63, 3.8) is 0 Å².